The lowest BCUT2D eigenvalue weighted by Crippen LogP contribution is -2.43. The van der Waals surface area contributed by atoms with Crippen LogP contribution in [0.1, 0.15) is 0 Å². The van der Waals surface area contributed by atoms with Crippen LogP contribution in [0.3, 0.4) is 0 Å². The monoisotopic (exact) mass is 338 g/mol. The standard InChI is InChI=1S/C14H14N2O6S/c17-9-13(14(18)19)16-23(20,21)12-3-1-10(2-4-12)22-11-5-7-15-8-6-11/h1-8,13,16-17H,9H2,(H,18,19). The van der Waals surface area contributed by atoms with Crippen LogP contribution in [0.25, 0.3) is 0 Å². The molecule has 1 heterocycles. The van der Waals surface area contributed by atoms with Gasteiger partial charge >= 0.3 is 5.97 Å². The third kappa shape index (κ3) is 4.49. The lowest BCUT2D eigenvalue weighted by atomic mass is 10.3. The van der Waals surface area contributed by atoms with E-state index in [2.05, 4.69) is 4.98 Å². The molecule has 122 valence electrons. The van der Waals surface area contributed by atoms with Crippen LogP contribution < -0.4 is 9.46 Å². The normalized spacial score (nSPS) is 12.6. The number of nitrogens with zero attached hydrogens (tertiary/aromatic N) is 1. The lowest BCUT2D eigenvalue weighted by molar-refractivity contribution is -0.139. The van der Waals surface area contributed by atoms with E-state index in [4.69, 9.17) is 14.9 Å². The van der Waals surface area contributed by atoms with Crippen LogP contribution in [0.4, 0.5) is 0 Å². The molecule has 0 spiro atoms. The highest BCUT2D eigenvalue weighted by molar-refractivity contribution is 7.89. The van der Waals surface area contributed by atoms with Gasteiger partial charge in [-0.3, -0.25) is 9.78 Å². The van der Waals surface area contributed by atoms with Gasteiger partial charge in [0.2, 0.25) is 10.0 Å². The fraction of sp³-hybridized carbons (Fsp3) is 0.143. The Morgan fingerprint density at radius 3 is 2.22 bits per heavy atom. The Hall–Kier alpha value is -2.49. The molecule has 0 aliphatic rings. The highest BCUT2D eigenvalue weighted by atomic mass is 32.2. The van der Waals surface area contributed by atoms with Crippen molar-refractivity contribution in [3.05, 3.63) is 48.8 Å². The molecule has 9 heteroatoms. The highest BCUT2D eigenvalue weighted by Gasteiger charge is 2.24. The lowest BCUT2D eigenvalue weighted by Gasteiger charge is -2.12. The van der Waals surface area contributed by atoms with Gasteiger partial charge in [-0.15, -0.1) is 0 Å². The van der Waals surface area contributed by atoms with Gasteiger partial charge in [-0.25, -0.2) is 8.42 Å². The number of hydrogen-bond acceptors (Lipinski definition) is 6. The molecule has 1 atom stereocenters. The van der Waals surface area contributed by atoms with Crippen molar-refractivity contribution in [2.24, 2.45) is 0 Å². The topological polar surface area (TPSA) is 126 Å². The molecule has 8 nitrogen and oxygen atoms in total. The largest absolute Gasteiger partial charge is 0.480 e. The molecule has 1 unspecified atom stereocenters. The summed E-state index contributed by atoms with van der Waals surface area (Å²) < 4.78 is 31.5. The molecule has 0 saturated carbocycles. The smallest absolute Gasteiger partial charge is 0.324 e. The van der Waals surface area contributed by atoms with E-state index in [0.717, 1.165) is 0 Å². The molecule has 3 N–H and O–H groups in total. The van der Waals surface area contributed by atoms with Gasteiger partial charge in [0.15, 0.2) is 0 Å². The van der Waals surface area contributed by atoms with E-state index in [1.807, 2.05) is 4.72 Å². The number of benzene rings is 1. The second-order valence-corrected chi connectivity index (χ2v) is 6.17. The van der Waals surface area contributed by atoms with Crippen molar-refractivity contribution < 1.29 is 28.2 Å². The number of aliphatic carboxylic acids is 1. The van der Waals surface area contributed by atoms with Gasteiger partial charge in [0.05, 0.1) is 11.5 Å². The number of hydrogen-bond donors (Lipinski definition) is 3. The minimum atomic E-state index is -4.06. The maximum Gasteiger partial charge on any atom is 0.324 e. The zero-order chi connectivity index (χ0) is 16.9. The highest BCUT2D eigenvalue weighted by Crippen LogP contribution is 2.22. The zero-order valence-electron chi connectivity index (χ0n) is 11.8. The molecule has 0 aliphatic heterocycles. The summed E-state index contributed by atoms with van der Waals surface area (Å²) in [6.07, 6.45) is 3.11. The SMILES string of the molecule is O=C(O)C(CO)NS(=O)(=O)c1ccc(Oc2ccncc2)cc1. The Kier molecular flexibility index (Phi) is 5.27. The fourth-order valence-electron chi connectivity index (χ4n) is 1.65. The summed E-state index contributed by atoms with van der Waals surface area (Å²) in [5.41, 5.74) is 0. The van der Waals surface area contributed by atoms with Crippen LogP contribution >= 0.6 is 0 Å². The van der Waals surface area contributed by atoms with Crippen LogP contribution in [0.2, 0.25) is 0 Å². The molecule has 2 aromatic rings. The second-order valence-electron chi connectivity index (χ2n) is 4.45. The molecule has 0 saturated heterocycles. The van der Waals surface area contributed by atoms with E-state index >= 15 is 0 Å². The molecule has 0 bridgehead atoms. The fourth-order valence-corrected chi connectivity index (χ4v) is 2.83. The molecule has 0 fully saturated rings. The van der Waals surface area contributed by atoms with E-state index in [1.165, 1.54) is 24.3 Å². The van der Waals surface area contributed by atoms with Gasteiger partial charge < -0.3 is 14.9 Å². The van der Waals surface area contributed by atoms with Gasteiger partial charge in [-0.2, -0.15) is 4.72 Å². The first kappa shape index (κ1) is 16.9. The number of ether oxygens (including phenoxy) is 1. The average Bonchev–Trinajstić information content (AvgIpc) is 2.54. The van der Waals surface area contributed by atoms with Crippen LogP contribution in [0.15, 0.2) is 53.7 Å². The van der Waals surface area contributed by atoms with Crippen molar-refractivity contribution in [1.29, 1.82) is 0 Å². The number of carboxylic acid groups (broad SMARTS) is 1. The van der Waals surface area contributed by atoms with Crippen LogP contribution in [-0.2, 0) is 14.8 Å². The molecule has 23 heavy (non-hydrogen) atoms. The van der Waals surface area contributed by atoms with Crippen molar-refractivity contribution in [1.82, 2.24) is 9.71 Å². The molecule has 0 amide bonds. The van der Waals surface area contributed by atoms with Crippen molar-refractivity contribution >= 4 is 16.0 Å². The van der Waals surface area contributed by atoms with Crippen molar-refractivity contribution in [3.8, 4) is 11.5 Å². The Morgan fingerprint density at radius 2 is 1.70 bits per heavy atom. The number of aromatic nitrogens is 1. The van der Waals surface area contributed by atoms with Gasteiger partial charge in [-0.1, -0.05) is 0 Å². The number of carboxylic acids is 1. The molecular weight excluding hydrogens is 324 g/mol. The average molecular weight is 338 g/mol. The predicted octanol–water partition coefficient (Wildman–Crippen LogP) is 0.598. The van der Waals surface area contributed by atoms with Gasteiger partial charge in [0.25, 0.3) is 0 Å². The Balaban J connectivity index is 2.13. The summed E-state index contributed by atoms with van der Waals surface area (Å²) in [5.74, 6) is -0.513. The Morgan fingerprint density at radius 1 is 1.13 bits per heavy atom. The summed E-state index contributed by atoms with van der Waals surface area (Å²) in [6, 6.07) is 7.10. The first-order chi connectivity index (χ1) is 10.9. The third-order valence-electron chi connectivity index (χ3n) is 2.80. The molecule has 1 aromatic heterocycles. The number of pyridine rings is 1. The van der Waals surface area contributed by atoms with Gasteiger partial charge in [0, 0.05) is 12.4 Å². The number of nitrogens with one attached hydrogen (secondary N) is 1. The minimum absolute atomic E-state index is 0.140. The van der Waals surface area contributed by atoms with Crippen LogP contribution in [0, 0.1) is 0 Å². The van der Waals surface area contributed by atoms with Crippen LogP contribution in [-0.4, -0.2) is 42.2 Å². The van der Waals surface area contributed by atoms with E-state index in [-0.39, 0.29) is 4.90 Å². The van der Waals surface area contributed by atoms with E-state index in [1.54, 1.807) is 24.5 Å². The summed E-state index contributed by atoms with van der Waals surface area (Å²) in [6.45, 7) is -0.849. The molecule has 0 aliphatic carbocycles. The molecule has 2 rings (SSSR count). The maximum atomic E-state index is 12.0. The Labute approximate surface area is 132 Å². The number of aliphatic hydroxyl groups is 1. The number of rotatable bonds is 7. The van der Waals surface area contributed by atoms with E-state index < -0.39 is 28.6 Å². The number of aliphatic hydroxyl groups excluding tert-OH is 1. The molecule has 0 radical (unpaired) electrons. The Bertz CT molecular complexity index is 762. The zero-order valence-corrected chi connectivity index (χ0v) is 12.6. The summed E-state index contributed by atoms with van der Waals surface area (Å²) >= 11 is 0. The summed E-state index contributed by atoms with van der Waals surface area (Å²) in [4.78, 5) is 14.5. The molecular formula is C14H14N2O6S. The van der Waals surface area contributed by atoms with Gasteiger partial charge in [-0.05, 0) is 36.4 Å². The second kappa shape index (κ2) is 7.18. The summed E-state index contributed by atoms with van der Waals surface area (Å²) in [7, 11) is -4.06. The van der Waals surface area contributed by atoms with E-state index in [9.17, 15) is 13.2 Å². The van der Waals surface area contributed by atoms with Crippen molar-refractivity contribution in [2.45, 2.75) is 10.9 Å². The number of sulfonamides is 1. The number of carbonyl (C=O) groups is 1. The van der Waals surface area contributed by atoms with Crippen molar-refractivity contribution in [2.75, 3.05) is 6.61 Å². The first-order valence-electron chi connectivity index (χ1n) is 6.46. The van der Waals surface area contributed by atoms with E-state index in [0.29, 0.717) is 11.5 Å². The molecule has 1 aromatic carbocycles. The summed E-state index contributed by atoms with van der Waals surface area (Å²) in [5, 5.41) is 17.7. The maximum absolute atomic E-state index is 12.0. The minimum Gasteiger partial charge on any atom is -0.480 e. The van der Waals surface area contributed by atoms with Crippen molar-refractivity contribution in [3.63, 3.8) is 0 Å². The third-order valence-corrected chi connectivity index (χ3v) is 4.29. The first-order valence-corrected chi connectivity index (χ1v) is 7.94. The predicted molar refractivity (Wildman–Crippen MR) is 79.6 cm³/mol. The van der Waals surface area contributed by atoms with Crippen LogP contribution in [0.5, 0.6) is 11.5 Å². The quantitative estimate of drug-likeness (QED) is 0.675. The van der Waals surface area contributed by atoms with Gasteiger partial charge in [0.1, 0.15) is 17.5 Å².